The van der Waals surface area contributed by atoms with Crippen molar-refractivity contribution < 1.29 is 19.1 Å². The number of carbonyl (C=O) groups excluding carboxylic acids is 2. The summed E-state index contributed by atoms with van der Waals surface area (Å²) >= 11 is 5.89. The van der Waals surface area contributed by atoms with E-state index in [1.54, 1.807) is 29.2 Å². The summed E-state index contributed by atoms with van der Waals surface area (Å²) in [5, 5.41) is 0.610. The molecule has 2 bridgehead atoms. The molecule has 0 saturated carbocycles. The fourth-order valence-corrected chi connectivity index (χ4v) is 3.87. The summed E-state index contributed by atoms with van der Waals surface area (Å²) in [6.07, 6.45) is 3.40. The van der Waals surface area contributed by atoms with Gasteiger partial charge >= 0.3 is 5.97 Å². The molecule has 4 atom stereocenters. The largest absolute Gasteiger partial charge is 0.469 e. The van der Waals surface area contributed by atoms with Gasteiger partial charge in [0.2, 0.25) is 5.91 Å². The summed E-state index contributed by atoms with van der Waals surface area (Å²) in [5.74, 6) is -1.59. The maximum absolute atomic E-state index is 12.9. The lowest BCUT2D eigenvalue weighted by molar-refractivity contribution is -0.149. The van der Waals surface area contributed by atoms with Gasteiger partial charge in [0.1, 0.15) is 11.5 Å². The molecule has 0 aliphatic carbocycles. The zero-order valence-electron chi connectivity index (χ0n) is 11.9. The molecule has 114 valence electrons. The van der Waals surface area contributed by atoms with Crippen LogP contribution in [0.25, 0.3) is 0 Å². The van der Waals surface area contributed by atoms with Gasteiger partial charge in [0.25, 0.3) is 0 Å². The van der Waals surface area contributed by atoms with Gasteiger partial charge in [0.15, 0.2) is 0 Å². The number of carbonyl (C=O) groups is 2. The molecule has 2 saturated heterocycles. The predicted molar refractivity (Wildman–Crippen MR) is 79.5 cm³/mol. The quantitative estimate of drug-likeness (QED) is 0.616. The molecule has 1 aromatic rings. The van der Waals surface area contributed by atoms with Gasteiger partial charge in [-0.05, 0) is 24.3 Å². The maximum Gasteiger partial charge on any atom is 0.312 e. The standard InChI is InChI=1S/C16H14ClNO4/c1-21-15(20)12-11-6-7-16(22-11)8-18(14(19)13(12)16)10-4-2-9(17)3-5-10/h2-7,11-13H,8H2,1H3/t11-,12+,13+,16+/m1/s1. The Morgan fingerprint density at radius 1 is 1.41 bits per heavy atom. The second-order valence-electron chi connectivity index (χ2n) is 5.82. The van der Waals surface area contributed by atoms with Gasteiger partial charge < -0.3 is 14.4 Å². The first-order chi connectivity index (χ1) is 10.6. The molecule has 4 rings (SSSR count). The van der Waals surface area contributed by atoms with Crippen LogP contribution in [0.2, 0.25) is 5.02 Å². The van der Waals surface area contributed by atoms with Crippen molar-refractivity contribution in [2.24, 2.45) is 11.8 Å². The summed E-state index contributed by atoms with van der Waals surface area (Å²) in [5.41, 5.74) is 0.0301. The molecule has 5 nitrogen and oxygen atoms in total. The molecule has 3 aliphatic rings. The SMILES string of the molecule is COC(=O)[C@@H]1[C@H]2C(=O)N(c3ccc(Cl)cc3)C[C@@]23C=C[C@H]1O3. The van der Waals surface area contributed by atoms with E-state index in [4.69, 9.17) is 21.1 Å². The van der Waals surface area contributed by atoms with Crippen LogP contribution in [0.3, 0.4) is 0 Å². The van der Waals surface area contributed by atoms with E-state index in [1.807, 2.05) is 12.2 Å². The second kappa shape index (κ2) is 4.57. The van der Waals surface area contributed by atoms with Crippen molar-refractivity contribution in [2.45, 2.75) is 11.7 Å². The third-order valence-corrected chi connectivity index (χ3v) is 4.96. The number of nitrogens with zero attached hydrogens (tertiary/aromatic N) is 1. The van der Waals surface area contributed by atoms with E-state index in [0.29, 0.717) is 11.6 Å². The molecule has 0 aromatic heterocycles. The summed E-state index contributed by atoms with van der Waals surface area (Å²) in [4.78, 5) is 26.6. The lowest BCUT2D eigenvalue weighted by atomic mass is 9.77. The number of esters is 1. The summed E-state index contributed by atoms with van der Waals surface area (Å²) in [6, 6.07) is 7.06. The normalized spacial score (nSPS) is 35.1. The Bertz CT molecular complexity index is 686. The lowest BCUT2D eigenvalue weighted by Crippen LogP contribution is -2.39. The zero-order chi connectivity index (χ0) is 15.5. The first kappa shape index (κ1) is 13.8. The van der Waals surface area contributed by atoms with Crippen LogP contribution >= 0.6 is 11.6 Å². The number of hydrogen-bond acceptors (Lipinski definition) is 4. The van der Waals surface area contributed by atoms with Crippen molar-refractivity contribution in [3.8, 4) is 0 Å². The number of halogens is 1. The minimum Gasteiger partial charge on any atom is -0.469 e. The van der Waals surface area contributed by atoms with Gasteiger partial charge in [0.05, 0.1) is 25.7 Å². The van der Waals surface area contributed by atoms with E-state index in [1.165, 1.54) is 7.11 Å². The maximum atomic E-state index is 12.9. The molecule has 0 radical (unpaired) electrons. The molecule has 1 amide bonds. The molecule has 3 aliphatic heterocycles. The van der Waals surface area contributed by atoms with Gasteiger partial charge in [-0.3, -0.25) is 9.59 Å². The minimum absolute atomic E-state index is 0.107. The smallest absolute Gasteiger partial charge is 0.312 e. The first-order valence-corrected chi connectivity index (χ1v) is 7.45. The van der Waals surface area contributed by atoms with Crippen molar-refractivity contribution in [1.82, 2.24) is 0 Å². The van der Waals surface area contributed by atoms with Crippen LogP contribution in [0.15, 0.2) is 36.4 Å². The Balaban J connectivity index is 1.71. The third-order valence-electron chi connectivity index (χ3n) is 4.71. The fourth-order valence-electron chi connectivity index (χ4n) is 3.74. The average molecular weight is 320 g/mol. The van der Waals surface area contributed by atoms with E-state index >= 15 is 0 Å². The van der Waals surface area contributed by atoms with E-state index in [2.05, 4.69) is 0 Å². The molecule has 0 N–H and O–H groups in total. The average Bonchev–Trinajstić information content (AvgIpc) is 3.16. The van der Waals surface area contributed by atoms with Gasteiger partial charge in [-0.15, -0.1) is 0 Å². The number of benzene rings is 1. The molecular formula is C16H14ClNO4. The van der Waals surface area contributed by atoms with Gasteiger partial charge in [-0.1, -0.05) is 23.8 Å². The topological polar surface area (TPSA) is 55.8 Å². The molecule has 3 heterocycles. The van der Waals surface area contributed by atoms with E-state index < -0.39 is 23.4 Å². The molecule has 1 spiro atoms. The van der Waals surface area contributed by atoms with Crippen LogP contribution in [0.4, 0.5) is 5.69 Å². The Morgan fingerprint density at radius 2 is 2.14 bits per heavy atom. The van der Waals surface area contributed by atoms with Gasteiger partial charge in [0, 0.05) is 10.7 Å². The van der Waals surface area contributed by atoms with E-state index in [0.717, 1.165) is 5.69 Å². The number of hydrogen-bond donors (Lipinski definition) is 0. The Kier molecular flexibility index (Phi) is 2.86. The Morgan fingerprint density at radius 3 is 2.82 bits per heavy atom. The highest BCUT2D eigenvalue weighted by Gasteiger charge is 2.67. The highest BCUT2D eigenvalue weighted by Crippen LogP contribution is 2.52. The summed E-state index contributed by atoms with van der Waals surface area (Å²) < 4.78 is 10.8. The predicted octanol–water partition coefficient (Wildman–Crippen LogP) is 1.80. The van der Waals surface area contributed by atoms with Crippen molar-refractivity contribution in [2.75, 3.05) is 18.6 Å². The lowest BCUT2D eigenvalue weighted by Gasteiger charge is -2.22. The van der Waals surface area contributed by atoms with Gasteiger partial charge in [-0.2, -0.15) is 0 Å². The number of fused-ring (bicyclic) bond motifs is 1. The van der Waals surface area contributed by atoms with Crippen LogP contribution in [0, 0.1) is 11.8 Å². The summed E-state index contributed by atoms with van der Waals surface area (Å²) in [6.45, 7) is 0.401. The van der Waals surface area contributed by atoms with Gasteiger partial charge in [-0.25, -0.2) is 0 Å². The molecular weight excluding hydrogens is 306 g/mol. The highest BCUT2D eigenvalue weighted by molar-refractivity contribution is 6.30. The molecule has 2 fully saturated rings. The highest BCUT2D eigenvalue weighted by atomic mass is 35.5. The van der Waals surface area contributed by atoms with Crippen LogP contribution in [0.1, 0.15) is 0 Å². The number of ether oxygens (including phenoxy) is 2. The van der Waals surface area contributed by atoms with Crippen molar-refractivity contribution in [1.29, 1.82) is 0 Å². The minimum atomic E-state index is -0.722. The van der Waals surface area contributed by atoms with E-state index in [9.17, 15) is 9.59 Å². The van der Waals surface area contributed by atoms with Crippen LogP contribution in [0.5, 0.6) is 0 Å². The Hall–Kier alpha value is -1.85. The third kappa shape index (κ3) is 1.69. The summed E-state index contributed by atoms with van der Waals surface area (Å²) in [7, 11) is 1.33. The van der Waals surface area contributed by atoms with Crippen LogP contribution < -0.4 is 4.90 Å². The molecule has 1 aromatic carbocycles. The van der Waals surface area contributed by atoms with Crippen molar-refractivity contribution >= 4 is 29.2 Å². The Labute approximate surface area is 132 Å². The second-order valence-corrected chi connectivity index (χ2v) is 6.26. The monoisotopic (exact) mass is 319 g/mol. The first-order valence-electron chi connectivity index (χ1n) is 7.08. The van der Waals surface area contributed by atoms with Crippen molar-refractivity contribution in [3.05, 3.63) is 41.4 Å². The zero-order valence-corrected chi connectivity index (χ0v) is 12.6. The fraction of sp³-hybridized carbons (Fsp3) is 0.375. The molecule has 6 heteroatoms. The number of anilines is 1. The van der Waals surface area contributed by atoms with Crippen LogP contribution in [-0.2, 0) is 19.1 Å². The number of methoxy groups -OCH3 is 1. The van der Waals surface area contributed by atoms with Crippen LogP contribution in [-0.4, -0.2) is 37.2 Å². The molecule has 22 heavy (non-hydrogen) atoms. The van der Waals surface area contributed by atoms with Crippen molar-refractivity contribution in [3.63, 3.8) is 0 Å². The number of amides is 1. The molecule has 0 unspecified atom stereocenters. The van der Waals surface area contributed by atoms with E-state index in [-0.39, 0.29) is 12.0 Å². The number of rotatable bonds is 2.